The Hall–Kier alpha value is -1.12. The van der Waals surface area contributed by atoms with Crippen LogP contribution in [-0.2, 0) is 14.3 Å². The quantitative estimate of drug-likeness (QED) is 0.378. The molecule has 1 rings (SSSR count). The molecule has 3 heteroatoms. The minimum atomic E-state index is -0.413. The molecule has 0 aromatic carbocycles. The van der Waals surface area contributed by atoms with E-state index < -0.39 is 5.97 Å². The molecule has 0 radical (unpaired) electrons. The summed E-state index contributed by atoms with van der Waals surface area (Å²) in [7, 11) is 0. The lowest BCUT2D eigenvalue weighted by molar-refractivity contribution is -0.149. The van der Waals surface area contributed by atoms with Crippen LogP contribution in [0, 0.1) is 0 Å². The van der Waals surface area contributed by atoms with Crippen molar-refractivity contribution in [1.82, 2.24) is 0 Å². The third kappa shape index (κ3) is 3.87. The van der Waals surface area contributed by atoms with E-state index in [1.807, 2.05) is 12.2 Å². The van der Waals surface area contributed by atoms with Crippen molar-refractivity contribution in [1.29, 1.82) is 0 Å². The Kier molecular flexibility index (Phi) is 3.68. The van der Waals surface area contributed by atoms with E-state index in [1.165, 1.54) is 6.92 Å². The van der Waals surface area contributed by atoms with Crippen LogP contribution in [0.4, 0.5) is 0 Å². The van der Waals surface area contributed by atoms with Crippen molar-refractivity contribution in [2.75, 3.05) is 0 Å². The first-order valence-electron chi connectivity index (χ1n) is 4.54. The lowest BCUT2D eigenvalue weighted by atomic mass is 10.1. The van der Waals surface area contributed by atoms with E-state index in [0.29, 0.717) is 0 Å². The second kappa shape index (κ2) is 4.80. The second-order valence-corrected chi connectivity index (χ2v) is 3.27. The van der Waals surface area contributed by atoms with E-state index >= 15 is 0 Å². The van der Waals surface area contributed by atoms with Crippen molar-refractivity contribution in [2.45, 2.75) is 38.7 Å². The Labute approximate surface area is 77.8 Å². The molecule has 0 fully saturated rings. The predicted molar refractivity (Wildman–Crippen MR) is 48.2 cm³/mol. The van der Waals surface area contributed by atoms with Gasteiger partial charge in [-0.15, -0.1) is 0 Å². The molecule has 0 bridgehead atoms. The third-order valence-corrected chi connectivity index (χ3v) is 1.89. The van der Waals surface area contributed by atoms with Gasteiger partial charge in [0.15, 0.2) is 0 Å². The van der Waals surface area contributed by atoms with Crippen molar-refractivity contribution < 1.29 is 14.3 Å². The number of carbonyl (C=O) groups is 2. The van der Waals surface area contributed by atoms with E-state index in [-0.39, 0.29) is 18.3 Å². The normalized spacial score (nSPS) is 21.2. The highest BCUT2D eigenvalue weighted by Crippen LogP contribution is 2.13. The number of carbonyl (C=O) groups excluding carboxylic acids is 2. The van der Waals surface area contributed by atoms with E-state index in [4.69, 9.17) is 4.74 Å². The minimum absolute atomic E-state index is 0.107. The summed E-state index contributed by atoms with van der Waals surface area (Å²) in [5, 5.41) is 0. The summed E-state index contributed by atoms with van der Waals surface area (Å²) < 4.78 is 5.06. The topological polar surface area (TPSA) is 43.4 Å². The molecule has 0 saturated heterocycles. The van der Waals surface area contributed by atoms with Crippen LogP contribution in [0.15, 0.2) is 12.2 Å². The highest BCUT2D eigenvalue weighted by Gasteiger charge is 2.14. The molecular weight excluding hydrogens is 168 g/mol. The van der Waals surface area contributed by atoms with Gasteiger partial charge in [0, 0.05) is 0 Å². The van der Waals surface area contributed by atoms with Gasteiger partial charge in [0.1, 0.15) is 18.3 Å². The number of hydrogen-bond acceptors (Lipinski definition) is 3. The molecule has 3 nitrogen and oxygen atoms in total. The first kappa shape index (κ1) is 9.96. The molecule has 0 aromatic rings. The van der Waals surface area contributed by atoms with Gasteiger partial charge in [-0.2, -0.15) is 0 Å². The van der Waals surface area contributed by atoms with Crippen LogP contribution in [0.1, 0.15) is 32.6 Å². The summed E-state index contributed by atoms with van der Waals surface area (Å²) in [6.07, 6.45) is 6.66. The molecule has 0 unspecified atom stereocenters. The molecule has 72 valence electrons. The fourth-order valence-electron chi connectivity index (χ4n) is 1.29. The summed E-state index contributed by atoms with van der Waals surface area (Å²) in [4.78, 5) is 21.6. The summed E-state index contributed by atoms with van der Waals surface area (Å²) >= 11 is 0. The smallest absolute Gasteiger partial charge is 0.313 e. The monoisotopic (exact) mass is 182 g/mol. The zero-order valence-corrected chi connectivity index (χ0v) is 7.79. The molecule has 13 heavy (non-hydrogen) atoms. The summed E-state index contributed by atoms with van der Waals surface area (Å²) in [5.41, 5.74) is 0. The van der Waals surface area contributed by atoms with Gasteiger partial charge in [0.2, 0.25) is 0 Å². The molecule has 1 aliphatic rings. The third-order valence-electron chi connectivity index (χ3n) is 1.89. The van der Waals surface area contributed by atoms with E-state index in [9.17, 15) is 9.59 Å². The molecule has 0 aromatic heterocycles. The van der Waals surface area contributed by atoms with E-state index in [2.05, 4.69) is 0 Å². The summed E-state index contributed by atoms with van der Waals surface area (Å²) in [5.74, 6) is -0.561. The molecule has 0 N–H and O–H groups in total. The summed E-state index contributed by atoms with van der Waals surface area (Å²) in [6.45, 7) is 1.39. The van der Waals surface area contributed by atoms with Crippen LogP contribution < -0.4 is 0 Å². The van der Waals surface area contributed by atoms with E-state index in [0.717, 1.165) is 19.3 Å². The van der Waals surface area contributed by atoms with Crippen molar-refractivity contribution >= 4 is 11.8 Å². The zero-order chi connectivity index (χ0) is 9.68. The van der Waals surface area contributed by atoms with Crippen molar-refractivity contribution in [3.8, 4) is 0 Å². The number of rotatable bonds is 3. The fourth-order valence-corrected chi connectivity index (χ4v) is 1.29. The molecule has 0 aliphatic heterocycles. The van der Waals surface area contributed by atoms with E-state index in [1.54, 1.807) is 0 Å². The lowest BCUT2D eigenvalue weighted by Gasteiger charge is -2.16. The molecule has 0 spiro atoms. The second-order valence-electron chi connectivity index (χ2n) is 3.27. The molecule has 1 atom stereocenters. The van der Waals surface area contributed by atoms with Gasteiger partial charge in [-0.25, -0.2) is 0 Å². The minimum Gasteiger partial charge on any atom is -0.458 e. The molecule has 1 aliphatic carbocycles. The number of allylic oxidation sites excluding steroid dienone is 1. The number of Topliss-reactive ketones (excluding diaryl/α,β-unsaturated/α-hetero) is 1. The molecule has 0 heterocycles. The van der Waals surface area contributed by atoms with Gasteiger partial charge in [-0.1, -0.05) is 6.08 Å². The van der Waals surface area contributed by atoms with Crippen LogP contribution in [0.2, 0.25) is 0 Å². The number of esters is 1. The average molecular weight is 182 g/mol. The van der Waals surface area contributed by atoms with Crippen LogP contribution in [0.3, 0.4) is 0 Å². The summed E-state index contributed by atoms with van der Waals surface area (Å²) in [6, 6.07) is 0. The fraction of sp³-hybridized carbons (Fsp3) is 0.600. The van der Waals surface area contributed by atoms with Crippen molar-refractivity contribution in [2.24, 2.45) is 0 Å². The predicted octanol–water partition coefficient (Wildman–Crippen LogP) is 1.62. The lowest BCUT2D eigenvalue weighted by Crippen LogP contribution is -2.19. The Morgan fingerprint density at radius 3 is 2.85 bits per heavy atom. The Morgan fingerprint density at radius 2 is 2.31 bits per heavy atom. The Balaban J connectivity index is 2.30. The zero-order valence-electron chi connectivity index (χ0n) is 7.79. The standard InChI is InChI=1S/C10H14O3/c1-8(11)7-10(12)13-9-5-3-2-4-6-9/h3,5,9H,2,4,6-7H2,1H3/t9-/m0/s1. The first-order valence-corrected chi connectivity index (χ1v) is 4.54. The maximum atomic E-state index is 11.0. The van der Waals surface area contributed by atoms with Crippen molar-refractivity contribution in [3.63, 3.8) is 0 Å². The highest BCUT2D eigenvalue weighted by atomic mass is 16.5. The molecular formula is C10H14O3. The first-order chi connectivity index (χ1) is 6.18. The number of hydrogen-bond donors (Lipinski definition) is 0. The van der Waals surface area contributed by atoms with Gasteiger partial charge in [0.05, 0.1) is 0 Å². The Morgan fingerprint density at radius 1 is 1.54 bits per heavy atom. The number of ether oxygens (including phenoxy) is 1. The molecule has 0 amide bonds. The Bertz CT molecular complexity index is 230. The van der Waals surface area contributed by atoms with Gasteiger partial charge in [-0.05, 0) is 32.3 Å². The van der Waals surface area contributed by atoms with Crippen LogP contribution in [0.5, 0.6) is 0 Å². The van der Waals surface area contributed by atoms with Gasteiger partial charge in [-0.3, -0.25) is 9.59 Å². The van der Waals surface area contributed by atoms with Gasteiger partial charge in [0.25, 0.3) is 0 Å². The maximum Gasteiger partial charge on any atom is 0.313 e. The maximum absolute atomic E-state index is 11.0. The number of ketones is 1. The van der Waals surface area contributed by atoms with Gasteiger partial charge < -0.3 is 4.74 Å². The van der Waals surface area contributed by atoms with Gasteiger partial charge >= 0.3 is 5.97 Å². The highest BCUT2D eigenvalue weighted by molar-refractivity contribution is 5.94. The van der Waals surface area contributed by atoms with Crippen molar-refractivity contribution in [3.05, 3.63) is 12.2 Å². The van der Waals surface area contributed by atoms with Crippen LogP contribution in [0.25, 0.3) is 0 Å². The SMILES string of the molecule is CC(=O)CC(=O)O[C@H]1C=CCCC1. The van der Waals surface area contributed by atoms with Crippen LogP contribution >= 0.6 is 0 Å². The van der Waals surface area contributed by atoms with Crippen LogP contribution in [-0.4, -0.2) is 17.9 Å². The largest absolute Gasteiger partial charge is 0.458 e. The molecule has 0 saturated carbocycles. The average Bonchev–Trinajstić information content (AvgIpc) is 2.04.